The number of ether oxygens (including phenoxy) is 2. The maximum atomic E-state index is 12.9. The van der Waals surface area contributed by atoms with Crippen molar-refractivity contribution in [2.45, 2.75) is 40.7 Å². The Labute approximate surface area is 230 Å². The lowest BCUT2D eigenvalue weighted by molar-refractivity contribution is -0.130. The predicted molar refractivity (Wildman–Crippen MR) is 143 cm³/mol. The van der Waals surface area contributed by atoms with E-state index in [-0.39, 0.29) is 58.8 Å². The lowest BCUT2D eigenvalue weighted by Gasteiger charge is -2.47. The van der Waals surface area contributed by atoms with Crippen LogP contribution in [0.4, 0.5) is 0 Å². The van der Waals surface area contributed by atoms with Crippen molar-refractivity contribution in [1.29, 1.82) is 0 Å². The molecule has 0 aromatic rings. The standard InChI is InChI=1S/C23H38N8O5S2/c24-19(34)16-20(29-23(26-2-6-32)31-3-1-25-21(16)31)28-14-10-27-22(37-14)12-11-36-17-13(33)9-15(38-18(12)17)30-4-7-35-8-5-30/h9,12,14,16-18,20-23,25-29,32H,1-8,10-11H2,(H2,24,34). The summed E-state index contributed by atoms with van der Waals surface area (Å²) in [5.74, 6) is -0.593. The molecule has 15 heteroatoms. The van der Waals surface area contributed by atoms with E-state index >= 15 is 0 Å². The van der Waals surface area contributed by atoms with Gasteiger partial charge in [0, 0.05) is 51.3 Å². The monoisotopic (exact) mass is 570 g/mol. The Morgan fingerprint density at radius 3 is 2.89 bits per heavy atom. The molecule has 13 nitrogen and oxygen atoms in total. The average Bonchev–Trinajstić information content (AvgIpc) is 3.67. The average molecular weight is 571 g/mol. The molecule has 0 spiro atoms. The molecule has 6 rings (SSSR count). The summed E-state index contributed by atoms with van der Waals surface area (Å²) in [7, 11) is 0. The summed E-state index contributed by atoms with van der Waals surface area (Å²) in [6.07, 6.45) is 0.629. The third-order valence-corrected chi connectivity index (χ3v) is 11.0. The Balaban J connectivity index is 1.10. The third kappa shape index (κ3) is 5.35. The smallest absolute Gasteiger partial charge is 0.226 e. The van der Waals surface area contributed by atoms with E-state index in [9.17, 15) is 14.7 Å². The first-order chi connectivity index (χ1) is 18.5. The van der Waals surface area contributed by atoms with E-state index in [0.29, 0.717) is 32.9 Å². The quantitative estimate of drug-likeness (QED) is 0.154. The van der Waals surface area contributed by atoms with E-state index in [1.54, 1.807) is 29.6 Å². The first kappa shape index (κ1) is 27.2. The van der Waals surface area contributed by atoms with Crippen LogP contribution in [0.15, 0.2) is 11.1 Å². The molecule has 6 aliphatic heterocycles. The zero-order chi connectivity index (χ0) is 26.2. The number of hydrogen-bond donors (Lipinski definition) is 7. The Bertz CT molecular complexity index is 926. The number of carbonyl (C=O) groups excluding carboxylic acids is 2. The molecule has 212 valence electrons. The van der Waals surface area contributed by atoms with Crippen LogP contribution in [-0.4, -0.2) is 133 Å². The largest absolute Gasteiger partial charge is 0.395 e. The zero-order valence-corrected chi connectivity index (χ0v) is 22.8. The SMILES string of the molecule is NC(=O)C1C(NC2CNC(C3COC4C(=O)C=C(N5CCOCC5)SC43)S2)NC(NCCO)N2CCNC12. The van der Waals surface area contributed by atoms with Crippen molar-refractivity contribution in [2.24, 2.45) is 17.6 Å². The lowest BCUT2D eigenvalue weighted by atomic mass is 9.98. The normalized spacial score (nSPS) is 41.7. The van der Waals surface area contributed by atoms with Gasteiger partial charge in [-0.1, -0.05) is 0 Å². The summed E-state index contributed by atoms with van der Waals surface area (Å²) < 4.78 is 11.5. The number of hydrogen-bond acceptors (Lipinski definition) is 14. The number of nitrogens with zero attached hydrogens (tertiary/aromatic N) is 2. The molecular weight excluding hydrogens is 532 g/mol. The zero-order valence-electron chi connectivity index (χ0n) is 21.2. The van der Waals surface area contributed by atoms with E-state index in [1.807, 2.05) is 0 Å². The van der Waals surface area contributed by atoms with Gasteiger partial charge in [-0.25, -0.2) is 0 Å². The van der Waals surface area contributed by atoms with E-state index < -0.39 is 12.0 Å². The van der Waals surface area contributed by atoms with Gasteiger partial charge in [0.05, 0.1) is 65.7 Å². The van der Waals surface area contributed by atoms with Gasteiger partial charge in [-0.15, -0.1) is 23.5 Å². The van der Waals surface area contributed by atoms with Crippen LogP contribution >= 0.6 is 23.5 Å². The number of rotatable bonds is 8. The molecule has 8 N–H and O–H groups in total. The van der Waals surface area contributed by atoms with Gasteiger partial charge in [-0.3, -0.25) is 35.8 Å². The number of nitrogens with two attached hydrogens (primary N) is 1. The van der Waals surface area contributed by atoms with Gasteiger partial charge in [0.1, 0.15) is 12.4 Å². The molecule has 0 saturated carbocycles. The summed E-state index contributed by atoms with van der Waals surface area (Å²) in [5.41, 5.74) is 5.88. The van der Waals surface area contributed by atoms with E-state index in [2.05, 4.69) is 36.4 Å². The second-order valence-corrected chi connectivity index (χ2v) is 12.9. The Hall–Kier alpha value is -0.980. The molecule has 38 heavy (non-hydrogen) atoms. The van der Waals surface area contributed by atoms with E-state index in [4.69, 9.17) is 15.2 Å². The minimum Gasteiger partial charge on any atom is -0.395 e. The molecule has 9 atom stereocenters. The highest BCUT2D eigenvalue weighted by atomic mass is 32.2. The van der Waals surface area contributed by atoms with Crippen LogP contribution in [0.25, 0.3) is 0 Å². The fourth-order valence-corrected chi connectivity index (χ4v) is 9.33. The molecular formula is C23H38N8O5S2. The lowest BCUT2D eigenvalue weighted by Crippen LogP contribution is -2.74. The maximum Gasteiger partial charge on any atom is 0.226 e. The molecule has 0 aliphatic carbocycles. The van der Waals surface area contributed by atoms with Crippen molar-refractivity contribution in [3.05, 3.63) is 11.1 Å². The van der Waals surface area contributed by atoms with Gasteiger partial charge in [-0.2, -0.15) is 0 Å². The summed E-state index contributed by atoms with van der Waals surface area (Å²) in [6.45, 7) is 6.23. The molecule has 0 aromatic heterocycles. The van der Waals surface area contributed by atoms with Crippen LogP contribution < -0.4 is 32.3 Å². The number of aliphatic hydroxyl groups is 1. The van der Waals surface area contributed by atoms with Crippen LogP contribution in [0, 0.1) is 11.8 Å². The van der Waals surface area contributed by atoms with Gasteiger partial charge < -0.3 is 30.5 Å². The maximum absolute atomic E-state index is 12.9. The number of amides is 1. The molecule has 0 aromatic carbocycles. The summed E-state index contributed by atoms with van der Waals surface area (Å²) in [5, 5.41) is 28.1. The second-order valence-electron chi connectivity index (χ2n) is 10.4. The van der Waals surface area contributed by atoms with Crippen LogP contribution in [0.1, 0.15) is 0 Å². The number of nitrogens with one attached hydrogen (secondary N) is 5. The number of carbonyl (C=O) groups is 2. The molecule has 1 amide bonds. The number of primary amides is 1. The van der Waals surface area contributed by atoms with Gasteiger partial charge in [0.2, 0.25) is 5.91 Å². The number of morpholine rings is 1. The van der Waals surface area contributed by atoms with Crippen molar-refractivity contribution in [1.82, 2.24) is 36.4 Å². The Morgan fingerprint density at radius 2 is 2.11 bits per heavy atom. The number of fused-ring (bicyclic) bond motifs is 2. The first-order valence-corrected chi connectivity index (χ1v) is 15.3. The first-order valence-electron chi connectivity index (χ1n) is 13.4. The molecule has 9 unspecified atom stereocenters. The van der Waals surface area contributed by atoms with Crippen molar-refractivity contribution in [2.75, 3.05) is 65.7 Å². The summed E-state index contributed by atoms with van der Waals surface area (Å²) in [4.78, 5) is 29.9. The molecule has 5 fully saturated rings. The fraction of sp³-hybridized carbons (Fsp3) is 0.826. The topological polar surface area (TPSA) is 165 Å². The second kappa shape index (κ2) is 11.9. The van der Waals surface area contributed by atoms with Crippen molar-refractivity contribution < 1.29 is 24.2 Å². The van der Waals surface area contributed by atoms with E-state index in [1.165, 1.54) is 0 Å². The summed E-state index contributed by atoms with van der Waals surface area (Å²) >= 11 is 3.55. The van der Waals surface area contributed by atoms with Crippen molar-refractivity contribution >= 4 is 35.2 Å². The number of thioether (sulfide) groups is 2. The van der Waals surface area contributed by atoms with Crippen molar-refractivity contribution in [3.63, 3.8) is 0 Å². The minimum absolute atomic E-state index is 0.0279. The van der Waals surface area contributed by atoms with Gasteiger partial charge in [0.15, 0.2) is 5.78 Å². The fourth-order valence-electron chi connectivity index (χ4n) is 6.28. The van der Waals surface area contributed by atoms with E-state index in [0.717, 1.165) is 31.2 Å². The predicted octanol–water partition coefficient (Wildman–Crippen LogP) is -3.43. The van der Waals surface area contributed by atoms with Crippen LogP contribution in [0.3, 0.4) is 0 Å². The third-order valence-electron chi connectivity index (χ3n) is 8.11. The Morgan fingerprint density at radius 1 is 1.26 bits per heavy atom. The van der Waals surface area contributed by atoms with Gasteiger partial charge in [-0.05, 0) is 0 Å². The molecule has 6 aliphatic rings. The van der Waals surface area contributed by atoms with Crippen LogP contribution in [0.5, 0.6) is 0 Å². The number of ketones is 1. The highest BCUT2D eigenvalue weighted by Crippen LogP contribution is 2.45. The highest BCUT2D eigenvalue weighted by Gasteiger charge is 2.51. The molecule has 6 heterocycles. The van der Waals surface area contributed by atoms with Crippen LogP contribution in [0.2, 0.25) is 0 Å². The molecule has 0 radical (unpaired) electrons. The molecule has 0 bridgehead atoms. The summed E-state index contributed by atoms with van der Waals surface area (Å²) in [6, 6.07) is 0. The van der Waals surface area contributed by atoms with Gasteiger partial charge >= 0.3 is 0 Å². The number of aliphatic hydroxyl groups excluding tert-OH is 1. The van der Waals surface area contributed by atoms with Gasteiger partial charge in [0.25, 0.3) is 0 Å². The van der Waals surface area contributed by atoms with Crippen molar-refractivity contribution in [3.8, 4) is 0 Å². The highest BCUT2D eigenvalue weighted by molar-refractivity contribution is 8.04. The van der Waals surface area contributed by atoms with Crippen LogP contribution in [-0.2, 0) is 19.1 Å². The molecule has 5 saturated heterocycles. The minimum atomic E-state index is -0.462. The Kier molecular flexibility index (Phi) is 8.49.